The number of anilines is 1. The third kappa shape index (κ3) is 3.04. The van der Waals surface area contributed by atoms with Crippen LogP contribution in [0.3, 0.4) is 0 Å². The summed E-state index contributed by atoms with van der Waals surface area (Å²) >= 11 is 7.22. The van der Waals surface area contributed by atoms with Gasteiger partial charge in [0.2, 0.25) is 11.6 Å². The highest BCUT2D eigenvalue weighted by Gasteiger charge is 2.43. The molecule has 140 valence electrons. The first-order chi connectivity index (χ1) is 12.8. The third-order valence-electron chi connectivity index (χ3n) is 3.74. The highest BCUT2D eigenvalue weighted by molar-refractivity contribution is 7.19. The Bertz CT molecular complexity index is 1060. The van der Waals surface area contributed by atoms with E-state index in [2.05, 4.69) is 15.4 Å². The van der Waals surface area contributed by atoms with Gasteiger partial charge in [-0.1, -0.05) is 35.1 Å². The van der Waals surface area contributed by atoms with Crippen molar-refractivity contribution in [1.29, 1.82) is 0 Å². The first-order valence-corrected chi connectivity index (χ1v) is 8.80. The fourth-order valence-corrected chi connectivity index (χ4v) is 3.96. The quantitative estimate of drug-likeness (QED) is 0.669. The Morgan fingerprint density at radius 1 is 1.37 bits per heavy atom. The maximum Gasteiger partial charge on any atom is 0.438 e. The van der Waals surface area contributed by atoms with Crippen molar-refractivity contribution in [2.75, 3.05) is 5.32 Å². The van der Waals surface area contributed by atoms with Gasteiger partial charge in [0.15, 0.2) is 10.9 Å². The predicted molar refractivity (Wildman–Crippen MR) is 93.3 cm³/mol. The second kappa shape index (κ2) is 6.24. The number of carbonyl (C=O) groups is 1. The summed E-state index contributed by atoms with van der Waals surface area (Å²) < 4.78 is 47.0. The molecule has 1 N–H and O–H groups in total. The van der Waals surface area contributed by atoms with E-state index in [4.69, 9.17) is 16.3 Å². The number of alkyl halides is 3. The zero-order valence-electron chi connectivity index (χ0n) is 13.6. The van der Waals surface area contributed by atoms with E-state index < -0.39 is 11.9 Å². The molecule has 0 atom stereocenters. The van der Waals surface area contributed by atoms with E-state index in [1.807, 2.05) is 0 Å². The molecule has 6 nitrogen and oxygen atoms in total. The molecule has 0 saturated carbocycles. The lowest BCUT2D eigenvalue weighted by Gasteiger charge is -2.16. The van der Waals surface area contributed by atoms with E-state index in [1.54, 1.807) is 24.3 Å². The van der Waals surface area contributed by atoms with Crippen molar-refractivity contribution < 1.29 is 22.7 Å². The SMILES string of the molecule is CC(=O)Nc1nc2c(s1)-c1c(c(C(F)(F)F)nn1-c1ccccc1Cl)OC2. The molecule has 2 aromatic heterocycles. The maximum absolute atomic E-state index is 13.5. The molecule has 0 bridgehead atoms. The van der Waals surface area contributed by atoms with E-state index in [-0.39, 0.29) is 39.8 Å². The highest BCUT2D eigenvalue weighted by Crippen LogP contribution is 2.49. The summed E-state index contributed by atoms with van der Waals surface area (Å²) in [6.45, 7) is 1.16. The van der Waals surface area contributed by atoms with Crippen LogP contribution < -0.4 is 10.1 Å². The molecule has 3 heterocycles. The van der Waals surface area contributed by atoms with Crippen LogP contribution in [0.2, 0.25) is 5.02 Å². The average molecular weight is 415 g/mol. The highest BCUT2D eigenvalue weighted by atomic mass is 35.5. The van der Waals surface area contributed by atoms with Gasteiger partial charge in [0.05, 0.1) is 15.6 Å². The summed E-state index contributed by atoms with van der Waals surface area (Å²) in [7, 11) is 0. The number of para-hydroxylation sites is 1. The zero-order chi connectivity index (χ0) is 19.3. The lowest BCUT2D eigenvalue weighted by atomic mass is 10.2. The summed E-state index contributed by atoms with van der Waals surface area (Å²) in [5, 5.41) is 6.77. The van der Waals surface area contributed by atoms with Gasteiger partial charge in [0, 0.05) is 6.92 Å². The van der Waals surface area contributed by atoms with Crippen LogP contribution in [0.5, 0.6) is 5.75 Å². The van der Waals surface area contributed by atoms with Crippen molar-refractivity contribution in [2.24, 2.45) is 0 Å². The monoisotopic (exact) mass is 414 g/mol. The number of ether oxygens (including phenoxy) is 1. The first kappa shape index (κ1) is 17.8. The Kier molecular flexibility index (Phi) is 4.11. The number of hydrogen-bond acceptors (Lipinski definition) is 5. The summed E-state index contributed by atoms with van der Waals surface area (Å²) in [6.07, 6.45) is -4.71. The van der Waals surface area contributed by atoms with Gasteiger partial charge in [-0.05, 0) is 12.1 Å². The molecule has 0 fully saturated rings. The Morgan fingerprint density at radius 2 is 2.11 bits per heavy atom. The molecule has 11 heteroatoms. The standard InChI is InChI=1S/C16H10ClF3N4O2S/c1-7(25)21-15-22-9-6-26-12-11(13(9)27-15)24(23-14(12)16(18,19)20)10-5-3-2-4-8(10)17/h2-5H,6H2,1H3,(H,21,22,25). The molecule has 0 unspecified atom stereocenters. The number of aromatic nitrogens is 3. The number of hydrogen-bond donors (Lipinski definition) is 1. The van der Waals surface area contributed by atoms with E-state index in [0.717, 1.165) is 16.0 Å². The van der Waals surface area contributed by atoms with Crippen molar-refractivity contribution in [3.05, 3.63) is 40.7 Å². The number of fused-ring (bicyclic) bond motifs is 3. The molecule has 1 aromatic carbocycles. The Morgan fingerprint density at radius 3 is 2.78 bits per heavy atom. The van der Waals surface area contributed by atoms with E-state index in [0.29, 0.717) is 10.6 Å². The van der Waals surface area contributed by atoms with E-state index in [9.17, 15) is 18.0 Å². The number of rotatable bonds is 2. The van der Waals surface area contributed by atoms with Crippen LogP contribution >= 0.6 is 22.9 Å². The Balaban J connectivity index is 1.98. The number of halogens is 4. The smallest absolute Gasteiger partial charge is 0.438 e. The molecule has 4 rings (SSSR count). The first-order valence-electron chi connectivity index (χ1n) is 7.61. The molecule has 0 radical (unpaired) electrons. The molecule has 1 amide bonds. The van der Waals surface area contributed by atoms with Crippen molar-refractivity contribution in [3.63, 3.8) is 0 Å². The van der Waals surface area contributed by atoms with Gasteiger partial charge >= 0.3 is 6.18 Å². The second-order valence-electron chi connectivity index (χ2n) is 5.65. The Labute approximate surface area is 159 Å². The van der Waals surface area contributed by atoms with Crippen molar-refractivity contribution >= 4 is 34.0 Å². The molecule has 0 aliphatic carbocycles. The van der Waals surface area contributed by atoms with Gasteiger partial charge in [0.25, 0.3) is 0 Å². The van der Waals surface area contributed by atoms with Gasteiger partial charge in [-0.2, -0.15) is 18.3 Å². The number of carbonyl (C=O) groups excluding carboxylic acids is 1. The molecule has 1 aliphatic rings. The predicted octanol–water partition coefficient (Wildman–Crippen LogP) is 4.52. The second-order valence-corrected chi connectivity index (χ2v) is 7.06. The minimum absolute atomic E-state index is 0.103. The zero-order valence-corrected chi connectivity index (χ0v) is 15.2. The molecule has 27 heavy (non-hydrogen) atoms. The van der Waals surface area contributed by atoms with Gasteiger partial charge in [-0.3, -0.25) is 4.79 Å². The fraction of sp³-hybridized carbons (Fsp3) is 0.188. The van der Waals surface area contributed by atoms with E-state index in [1.165, 1.54) is 6.92 Å². The van der Waals surface area contributed by atoms with Crippen LogP contribution in [0, 0.1) is 0 Å². The number of amides is 1. The number of nitrogens with zero attached hydrogens (tertiary/aromatic N) is 3. The third-order valence-corrected chi connectivity index (χ3v) is 5.08. The van der Waals surface area contributed by atoms with Gasteiger partial charge in [0.1, 0.15) is 18.0 Å². The van der Waals surface area contributed by atoms with Gasteiger partial charge < -0.3 is 10.1 Å². The summed E-state index contributed by atoms with van der Waals surface area (Å²) in [6, 6.07) is 6.41. The number of benzene rings is 1. The fourth-order valence-electron chi connectivity index (χ4n) is 2.70. The lowest BCUT2D eigenvalue weighted by Crippen LogP contribution is -2.11. The lowest BCUT2D eigenvalue weighted by molar-refractivity contribution is -0.142. The van der Waals surface area contributed by atoms with E-state index >= 15 is 0 Å². The Hall–Kier alpha value is -2.59. The molecular weight excluding hydrogens is 405 g/mol. The van der Waals surface area contributed by atoms with Crippen LogP contribution in [-0.4, -0.2) is 20.7 Å². The van der Waals surface area contributed by atoms with Crippen molar-refractivity contribution in [3.8, 4) is 22.0 Å². The number of nitrogens with one attached hydrogen (secondary N) is 1. The van der Waals surface area contributed by atoms with Crippen molar-refractivity contribution in [1.82, 2.24) is 14.8 Å². The summed E-state index contributed by atoms with van der Waals surface area (Å²) in [4.78, 5) is 15.9. The minimum atomic E-state index is -4.71. The van der Waals surface area contributed by atoms with Crippen molar-refractivity contribution in [2.45, 2.75) is 19.7 Å². The molecule has 0 saturated heterocycles. The molecule has 3 aromatic rings. The summed E-state index contributed by atoms with van der Waals surface area (Å²) in [5.74, 6) is -0.717. The largest absolute Gasteiger partial charge is 0.483 e. The molecule has 1 aliphatic heterocycles. The number of thiazole rings is 1. The van der Waals surface area contributed by atoms with Crippen LogP contribution in [0.25, 0.3) is 16.3 Å². The molecular formula is C16H10ClF3N4O2S. The van der Waals surface area contributed by atoms with Gasteiger partial charge in [-0.25, -0.2) is 9.67 Å². The van der Waals surface area contributed by atoms with Crippen LogP contribution in [0.1, 0.15) is 18.3 Å². The molecule has 0 spiro atoms. The summed E-state index contributed by atoms with van der Waals surface area (Å²) in [5.41, 5.74) is -0.349. The van der Waals surface area contributed by atoms with Crippen LogP contribution in [-0.2, 0) is 17.6 Å². The topological polar surface area (TPSA) is 69.0 Å². The maximum atomic E-state index is 13.5. The van der Waals surface area contributed by atoms with Gasteiger partial charge in [-0.15, -0.1) is 0 Å². The van der Waals surface area contributed by atoms with Crippen LogP contribution in [0.15, 0.2) is 24.3 Å². The minimum Gasteiger partial charge on any atom is -0.483 e. The van der Waals surface area contributed by atoms with Crippen LogP contribution in [0.4, 0.5) is 18.3 Å². The normalized spacial score (nSPS) is 12.9. The average Bonchev–Trinajstić information content (AvgIpc) is 3.14.